The summed E-state index contributed by atoms with van der Waals surface area (Å²) in [6, 6.07) is 11.9. The molecule has 0 bridgehead atoms. The molecule has 0 saturated carbocycles. The molecule has 0 fully saturated rings. The molecule has 1 aromatic heterocycles. The molecule has 1 amide bonds. The molecular weight excluding hydrogens is 330 g/mol. The number of anilines is 1. The number of methoxy groups -OCH3 is 1. The first-order valence-corrected chi connectivity index (χ1v) is 7.50. The third kappa shape index (κ3) is 3.38. The number of hydrogen-bond acceptors (Lipinski definition) is 5. The first kappa shape index (κ1) is 16.0. The van der Waals surface area contributed by atoms with E-state index in [1.54, 1.807) is 49.4 Å². The minimum atomic E-state index is -0.272. The summed E-state index contributed by atoms with van der Waals surface area (Å²) in [4.78, 5) is 16.5. The van der Waals surface area contributed by atoms with Crippen LogP contribution in [-0.2, 0) is 0 Å². The van der Waals surface area contributed by atoms with Crippen molar-refractivity contribution in [1.82, 2.24) is 10.1 Å². The van der Waals surface area contributed by atoms with E-state index in [4.69, 9.17) is 20.9 Å². The van der Waals surface area contributed by atoms with Gasteiger partial charge in [-0.3, -0.25) is 4.79 Å². The average Bonchev–Trinajstić information content (AvgIpc) is 3.02. The molecule has 0 unspecified atom stereocenters. The summed E-state index contributed by atoms with van der Waals surface area (Å²) in [5, 5.41) is 7.13. The van der Waals surface area contributed by atoms with Crippen molar-refractivity contribution in [3.63, 3.8) is 0 Å². The van der Waals surface area contributed by atoms with E-state index in [1.807, 2.05) is 0 Å². The van der Waals surface area contributed by atoms with Crippen molar-refractivity contribution in [2.24, 2.45) is 0 Å². The molecule has 0 atom stereocenters. The number of carbonyl (C=O) groups is 1. The number of ether oxygens (including phenoxy) is 1. The molecule has 3 aromatic rings. The summed E-state index contributed by atoms with van der Waals surface area (Å²) >= 11 is 5.96. The minimum Gasteiger partial charge on any atom is -0.495 e. The summed E-state index contributed by atoms with van der Waals surface area (Å²) in [5.74, 6) is 1.23. The molecule has 2 aromatic carbocycles. The van der Waals surface area contributed by atoms with Crippen LogP contribution >= 0.6 is 11.6 Å². The van der Waals surface area contributed by atoms with Crippen molar-refractivity contribution in [2.45, 2.75) is 6.92 Å². The van der Waals surface area contributed by atoms with E-state index in [9.17, 15) is 4.79 Å². The van der Waals surface area contributed by atoms with Gasteiger partial charge in [-0.2, -0.15) is 4.98 Å². The van der Waals surface area contributed by atoms with E-state index in [-0.39, 0.29) is 5.91 Å². The Balaban J connectivity index is 1.79. The SMILES string of the molecule is COc1ccc(Cl)cc1NC(=O)c1ccc(-c2noc(C)n2)cc1. The van der Waals surface area contributed by atoms with Gasteiger partial charge in [-0.1, -0.05) is 28.9 Å². The second-order valence-corrected chi connectivity index (χ2v) is 5.45. The fraction of sp³-hybridized carbons (Fsp3) is 0.118. The number of aromatic nitrogens is 2. The van der Waals surface area contributed by atoms with E-state index in [2.05, 4.69) is 15.5 Å². The van der Waals surface area contributed by atoms with Gasteiger partial charge in [0.15, 0.2) is 0 Å². The summed E-state index contributed by atoms with van der Waals surface area (Å²) in [7, 11) is 1.53. The molecular formula is C17H14ClN3O3. The van der Waals surface area contributed by atoms with Gasteiger partial charge >= 0.3 is 0 Å². The van der Waals surface area contributed by atoms with Gasteiger partial charge in [-0.05, 0) is 30.3 Å². The Morgan fingerprint density at radius 3 is 2.58 bits per heavy atom. The summed E-state index contributed by atoms with van der Waals surface area (Å²) in [5.41, 5.74) is 1.76. The van der Waals surface area contributed by atoms with Crippen molar-refractivity contribution >= 4 is 23.2 Å². The van der Waals surface area contributed by atoms with Crippen molar-refractivity contribution in [2.75, 3.05) is 12.4 Å². The molecule has 0 aliphatic carbocycles. The molecule has 6 nitrogen and oxygen atoms in total. The van der Waals surface area contributed by atoms with Crippen LogP contribution in [0.5, 0.6) is 5.75 Å². The van der Waals surface area contributed by atoms with Crippen molar-refractivity contribution in [1.29, 1.82) is 0 Å². The summed E-state index contributed by atoms with van der Waals surface area (Å²) in [6.07, 6.45) is 0. The Labute approximate surface area is 143 Å². The van der Waals surface area contributed by atoms with E-state index >= 15 is 0 Å². The van der Waals surface area contributed by atoms with Gasteiger partial charge in [0.1, 0.15) is 5.75 Å². The molecule has 0 spiro atoms. The molecule has 0 aliphatic rings. The zero-order valence-corrected chi connectivity index (χ0v) is 13.8. The van der Waals surface area contributed by atoms with Gasteiger partial charge in [0.25, 0.3) is 5.91 Å². The largest absolute Gasteiger partial charge is 0.495 e. The number of halogens is 1. The van der Waals surface area contributed by atoms with Gasteiger partial charge in [0, 0.05) is 23.1 Å². The fourth-order valence-electron chi connectivity index (χ4n) is 2.16. The lowest BCUT2D eigenvalue weighted by Crippen LogP contribution is -2.12. The van der Waals surface area contributed by atoms with E-state index in [0.29, 0.717) is 33.7 Å². The standard InChI is InChI=1S/C17H14ClN3O3/c1-10-19-16(21-24-10)11-3-5-12(6-4-11)17(22)20-14-9-13(18)7-8-15(14)23-2/h3-9H,1-2H3,(H,20,22). The highest BCUT2D eigenvalue weighted by Gasteiger charge is 2.12. The summed E-state index contributed by atoms with van der Waals surface area (Å²) < 4.78 is 10.2. The van der Waals surface area contributed by atoms with Gasteiger partial charge < -0.3 is 14.6 Å². The Morgan fingerprint density at radius 2 is 1.96 bits per heavy atom. The number of carbonyl (C=O) groups excluding carboxylic acids is 1. The van der Waals surface area contributed by atoms with Crippen LogP contribution in [0, 0.1) is 6.92 Å². The lowest BCUT2D eigenvalue weighted by Gasteiger charge is -2.10. The predicted octanol–water partition coefficient (Wildman–Crippen LogP) is 3.96. The number of nitrogens with zero attached hydrogens (tertiary/aromatic N) is 2. The quantitative estimate of drug-likeness (QED) is 0.775. The molecule has 7 heteroatoms. The Hall–Kier alpha value is -2.86. The van der Waals surface area contributed by atoms with Crippen molar-refractivity contribution < 1.29 is 14.1 Å². The van der Waals surface area contributed by atoms with Gasteiger partial charge in [0.05, 0.1) is 12.8 Å². The zero-order valence-electron chi connectivity index (χ0n) is 13.0. The maximum absolute atomic E-state index is 12.4. The lowest BCUT2D eigenvalue weighted by atomic mass is 10.1. The van der Waals surface area contributed by atoms with Crippen LogP contribution in [0.15, 0.2) is 47.0 Å². The first-order chi connectivity index (χ1) is 11.6. The molecule has 24 heavy (non-hydrogen) atoms. The van der Waals surface area contributed by atoms with Gasteiger partial charge in [0.2, 0.25) is 11.7 Å². The van der Waals surface area contributed by atoms with Crippen LogP contribution in [0.4, 0.5) is 5.69 Å². The van der Waals surface area contributed by atoms with Crippen molar-refractivity contribution in [3.05, 3.63) is 58.9 Å². The van der Waals surface area contributed by atoms with E-state index in [0.717, 1.165) is 5.56 Å². The second kappa shape index (κ2) is 6.72. The molecule has 1 heterocycles. The van der Waals surface area contributed by atoms with Crippen molar-refractivity contribution in [3.8, 4) is 17.1 Å². The molecule has 122 valence electrons. The highest BCUT2D eigenvalue weighted by molar-refractivity contribution is 6.31. The third-order valence-corrected chi connectivity index (χ3v) is 3.58. The summed E-state index contributed by atoms with van der Waals surface area (Å²) in [6.45, 7) is 1.72. The number of rotatable bonds is 4. The Bertz CT molecular complexity index is 875. The highest BCUT2D eigenvalue weighted by atomic mass is 35.5. The van der Waals surface area contributed by atoms with E-state index in [1.165, 1.54) is 7.11 Å². The van der Waals surface area contributed by atoms with Crippen LogP contribution in [-0.4, -0.2) is 23.2 Å². The predicted molar refractivity (Wildman–Crippen MR) is 90.4 cm³/mol. The van der Waals surface area contributed by atoms with Crippen LogP contribution in [0.1, 0.15) is 16.2 Å². The number of amides is 1. The highest BCUT2D eigenvalue weighted by Crippen LogP contribution is 2.28. The van der Waals surface area contributed by atoms with Crippen LogP contribution in [0.25, 0.3) is 11.4 Å². The molecule has 1 N–H and O–H groups in total. The molecule has 0 radical (unpaired) electrons. The van der Waals surface area contributed by atoms with E-state index < -0.39 is 0 Å². The smallest absolute Gasteiger partial charge is 0.255 e. The number of hydrogen-bond donors (Lipinski definition) is 1. The maximum atomic E-state index is 12.4. The maximum Gasteiger partial charge on any atom is 0.255 e. The number of nitrogens with one attached hydrogen (secondary N) is 1. The van der Waals surface area contributed by atoms with Crippen LogP contribution < -0.4 is 10.1 Å². The minimum absolute atomic E-state index is 0.272. The van der Waals surface area contributed by atoms with Gasteiger partial charge in [-0.25, -0.2) is 0 Å². The molecule has 0 saturated heterocycles. The molecule has 3 rings (SSSR count). The number of benzene rings is 2. The fourth-order valence-corrected chi connectivity index (χ4v) is 2.33. The normalized spacial score (nSPS) is 10.5. The second-order valence-electron chi connectivity index (χ2n) is 5.01. The molecule has 0 aliphatic heterocycles. The topological polar surface area (TPSA) is 77.2 Å². The Kier molecular flexibility index (Phi) is 4.48. The van der Waals surface area contributed by atoms with Crippen LogP contribution in [0.3, 0.4) is 0 Å². The number of aryl methyl sites for hydroxylation is 1. The van der Waals surface area contributed by atoms with Gasteiger partial charge in [-0.15, -0.1) is 0 Å². The third-order valence-electron chi connectivity index (χ3n) is 3.34. The lowest BCUT2D eigenvalue weighted by molar-refractivity contribution is 0.102. The average molecular weight is 344 g/mol. The zero-order chi connectivity index (χ0) is 17.1. The van der Waals surface area contributed by atoms with Crippen LogP contribution in [0.2, 0.25) is 5.02 Å². The Morgan fingerprint density at radius 1 is 1.21 bits per heavy atom. The first-order valence-electron chi connectivity index (χ1n) is 7.12. The monoisotopic (exact) mass is 343 g/mol.